The zero-order valence-electron chi connectivity index (χ0n) is 11.5. The highest BCUT2D eigenvalue weighted by Crippen LogP contribution is 2.36. The summed E-state index contributed by atoms with van der Waals surface area (Å²) in [4.78, 5) is 13.3. The topological polar surface area (TPSA) is 70.0 Å². The molecule has 1 aliphatic heterocycles. The van der Waals surface area contributed by atoms with Crippen molar-refractivity contribution in [2.45, 2.75) is 25.9 Å². The highest BCUT2D eigenvalue weighted by atomic mass is 79.9. The van der Waals surface area contributed by atoms with Crippen molar-refractivity contribution in [1.29, 1.82) is 0 Å². The maximum absolute atomic E-state index is 11.3. The first-order chi connectivity index (χ1) is 9.43. The van der Waals surface area contributed by atoms with Crippen molar-refractivity contribution < 1.29 is 19.7 Å². The number of ether oxygens (including phenoxy) is 1. The first kappa shape index (κ1) is 15.1. The summed E-state index contributed by atoms with van der Waals surface area (Å²) >= 11 is 3.28. The van der Waals surface area contributed by atoms with Gasteiger partial charge in [-0.15, -0.1) is 0 Å². The molecule has 0 amide bonds. The van der Waals surface area contributed by atoms with Crippen LogP contribution in [0.3, 0.4) is 0 Å². The van der Waals surface area contributed by atoms with E-state index in [1.807, 2.05) is 11.8 Å². The molecule has 0 bridgehead atoms. The van der Waals surface area contributed by atoms with Crippen LogP contribution < -0.4 is 4.74 Å². The number of carboxylic acid groups (broad SMARTS) is 1. The van der Waals surface area contributed by atoms with E-state index in [1.54, 1.807) is 12.1 Å². The fourth-order valence-electron chi connectivity index (χ4n) is 2.71. The fourth-order valence-corrected chi connectivity index (χ4v) is 3.20. The van der Waals surface area contributed by atoms with Crippen molar-refractivity contribution in [2.24, 2.45) is 5.92 Å². The quantitative estimate of drug-likeness (QED) is 0.878. The number of nitrogens with zero attached hydrogens (tertiary/aromatic N) is 1. The van der Waals surface area contributed by atoms with Gasteiger partial charge < -0.3 is 14.9 Å². The van der Waals surface area contributed by atoms with E-state index in [-0.39, 0.29) is 11.7 Å². The fraction of sp³-hybridized carbons (Fsp3) is 0.500. The van der Waals surface area contributed by atoms with E-state index in [2.05, 4.69) is 15.9 Å². The minimum absolute atomic E-state index is 0.0563. The number of aliphatic carboxylic acids is 1. The summed E-state index contributed by atoms with van der Waals surface area (Å²) in [5, 5.41) is 19.1. The molecule has 1 saturated heterocycles. The molecule has 0 aliphatic carbocycles. The summed E-state index contributed by atoms with van der Waals surface area (Å²) in [6, 6.07) is 3.08. The van der Waals surface area contributed by atoms with Crippen LogP contribution in [0.15, 0.2) is 16.6 Å². The lowest BCUT2D eigenvalue weighted by Crippen LogP contribution is -2.38. The number of phenols is 1. The Hall–Kier alpha value is -1.27. The van der Waals surface area contributed by atoms with Crippen LogP contribution in [-0.2, 0) is 11.3 Å². The average Bonchev–Trinajstić information content (AvgIpc) is 2.74. The molecule has 6 heteroatoms. The zero-order valence-corrected chi connectivity index (χ0v) is 13.1. The van der Waals surface area contributed by atoms with Gasteiger partial charge in [-0.2, -0.15) is 0 Å². The monoisotopic (exact) mass is 343 g/mol. The summed E-state index contributed by atoms with van der Waals surface area (Å²) < 4.78 is 5.66. The molecule has 1 aliphatic rings. The molecule has 2 unspecified atom stereocenters. The third-order valence-corrected chi connectivity index (χ3v) is 4.36. The maximum atomic E-state index is 11.3. The first-order valence-corrected chi connectivity index (χ1v) is 7.25. The predicted octanol–water partition coefficient (Wildman–Crippen LogP) is 2.46. The summed E-state index contributed by atoms with van der Waals surface area (Å²) in [6.45, 7) is 3.25. The number of hydrogen-bond donors (Lipinski definition) is 2. The van der Waals surface area contributed by atoms with Crippen LogP contribution >= 0.6 is 15.9 Å². The van der Waals surface area contributed by atoms with Gasteiger partial charge >= 0.3 is 5.97 Å². The molecule has 20 heavy (non-hydrogen) atoms. The van der Waals surface area contributed by atoms with Gasteiger partial charge in [0, 0.05) is 6.54 Å². The largest absolute Gasteiger partial charge is 0.503 e. The number of carbonyl (C=O) groups is 1. The van der Waals surface area contributed by atoms with E-state index in [1.165, 1.54) is 7.11 Å². The molecule has 2 atom stereocenters. The van der Waals surface area contributed by atoms with Gasteiger partial charge in [-0.3, -0.25) is 9.69 Å². The predicted molar refractivity (Wildman–Crippen MR) is 78.0 cm³/mol. The van der Waals surface area contributed by atoms with Gasteiger partial charge in [0.15, 0.2) is 11.5 Å². The van der Waals surface area contributed by atoms with Crippen LogP contribution in [0.1, 0.15) is 18.9 Å². The molecule has 0 spiro atoms. The second-order valence-electron chi connectivity index (χ2n) is 5.15. The summed E-state index contributed by atoms with van der Waals surface area (Å²) in [5.41, 5.74) is 0.909. The van der Waals surface area contributed by atoms with Crippen molar-refractivity contribution in [2.75, 3.05) is 13.7 Å². The van der Waals surface area contributed by atoms with Crippen LogP contribution in [0.25, 0.3) is 0 Å². The van der Waals surface area contributed by atoms with Gasteiger partial charge in [0.05, 0.1) is 11.6 Å². The molecule has 110 valence electrons. The third kappa shape index (κ3) is 2.91. The molecule has 1 aromatic carbocycles. The second kappa shape index (κ2) is 6.01. The van der Waals surface area contributed by atoms with Gasteiger partial charge in [-0.25, -0.2) is 0 Å². The van der Waals surface area contributed by atoms with Crippen molar-refractivity contribution in [1.82, 2.24) is 4.90 Å². The number of methoxy groups -OCH3 is 1. The number of likely N-dealkylation sites (tertiary alicyclic amines) is 1. The highest BCUT2D eigenvalue weighted by Gasteiger charge is 2.36. The molecule has 0 radical (unpaired) electrons. The number of hydrogen-bond acceptors (Lipinski definition) is 4. The smallest absolute Gasteiger partial charge is 0.321 e. The Kier molecular flexibility index (Phi) is 4.55. The van der Waals surface area contributed by atoms with Crippen LogP contribution in [0, 0.1) is 5.92 Å². The summed E-state index contributed by atoms with van der Waals surface area (Å²) in [6.07, 6.45) is 0.882. The lowest BCUT2D eigenvalue weighted by atomic mass is 10.0. The standard InChI is InChI=1S/C14H18BrNO4/c1-8-3-4-16(12(8)14(18)19)7-9-5-10(15)13(17)11(6-9)20-2/h5-6,8,12,17H,3-4,7H2,1-2H3,(H,18,19). The maximum Gasteiger partial charge on any atom is 0.321 e. The molecule has 2 N–H and O–H groups in total. The van der Waals surface area contributed by atoms with Crippen LogP contribution in [-0.4, -0.2) is 40.8 Å². The molecular formula is C14H18BrNO4. The Labute approximate surface area is 126 Å². The second-order valence-corrected chi connectivity index (χ2v) is 6.00. The number of carboxylic acids is 1. The first-order valence-electron chi connectivity index (χ1n) is 6.46. The van der Waals surface area contributed by atoms with E-state index in [9.17, 15) is 15.0 Å². The van der Waals surface area contributed by atoms with Crippen molar-refractivity contribution in [3.05, 3.63) is 22.2 Å². The molecule has 1 aromatic rings. The number of benzene rings is 1. The molecule has 0 saturated carbocycles. The van der Waals surface area contributed by atoms with E-state index in [4.69, 9.17) is 4.74 Å². The van der Waals surface area contributed by atoms with E-state index in [0.717, 1.165) is 18.5 Å². The van der Waals surface area contributed by atoms with E-state index < -0.39 is 12.0 Å². The number of aromatic hydroxyl groups is 1. The van der Waals surface area contributed by atoms with Gasteiger partial charge in [0.1, 0.15) is 6.04 Å². The van der Waals surface area contributed by atoms with Gasteiger partial charge in [-0.05, 0) is 52.5 Å². The minimum Gasteiger partial charge on any atom is -0.503 e. The van der Waals surface area contributed by atoms with Crippen molar-refractivity contribution in [3.8, 4) is 11.5 Å². The summed E-state index contributed by atoms with van der Waals surface area (Å²) in [7, 11) is 1.49. The Balaban J connectivity index is 2.22. The number of rotatable bonds is 4. The lowest BCUT2D eigenvalue weighted by molar-refractivity contribution is -0.143. The summed E-state index contributed by atoms with van der Waals surface area (Å²) in [5.74, 6) is -0.191. The number of phenolic OH excluding ortho intramolecular Hbond substituents is 1. The average molecular weight is 344 g/mol. The Morgan fingerprint density at radius 2 is 2.25 bits per heavy atom. The molecule has 1 fully saturated rings. The SMILES string of the molecule is COc1cc(CN2CCC(C)C2C(=O)O)cc(Br)c1O. The number of halogens is 1. The third-order valence-electron chi connectivity index (χ3n) is 3.75. The van der Waals surface area contributed by atoms with Gasteiger partial charge in [-0.1, -0.05) is 6.92 Å². The Morgan fingerprint density at radius 3 is 2.85 bits per heavy atom. The Morgan fingerprint density at radius 1 is 1.55 bits per heavy atom. The van der Waals surface area contributed by atoms with Crippen LogP contribution in [0.2, 0.25) is 0 Å². The Bertz CT molecular complexity index is 520. The minimum atomic E-state index is -0.778. The van der Waals surface area contributed by atoms with E-state index in [0.29, 0.717) is 16.8 Å². The molecular weight excluding hydrogens is 326 g/mol. The van der Waals surface area contributed by atoms with E-state index >= 15 is 0 Å². The molecule has 1 heterocycles. The molecule has 0 aromatic heterocycles. The molecule has 5 nitrogen and oxygen atoms in total. The normalized spacial score (nSPS) is 22.9. The van der Waals surface area contributed by atoms with Crippen molar-refractivity contribution >= 4 is 21.9 Å². The zero-order chi connectivity index (χ0) is 14.9. The van der Waals surface area contributed by atoms with Crippen LogP contribution in [0.5, 0.6) is 11.5 Å². The van der Waals surface area contributed by atoms with Gasteiger partial charge in [0.2, 0.25) is 0 Å². The molecule has 2 rings (SSSR count). The van der Waals surface area contributed by atoms with Crippen molar-refractivity contribution in [3.63, 3.8) is 0 Å². The lowest BCUT2D eigenvalue weighted by Gasteiger charge is -2.23. The highest BCUT2D eigenvalue weighted by molar-refractivity contribution is 9.10. The van der Waals surface area contributed by atoms with Gasteiger partial charge in [0.25, 0.3) is 0 Å². The van der Waals surface area contributed by atoms with Crippen LogP contribution in [0.4, 0.5) is 0 Å².